The maximum Gasteiger partial charge on any atom is 0.326 e. The Morgan fingerprint density at radius 2 is 1.65 bits per heavy atom. The summed E-state index contributed by atoms with van der Waals surface area (Å²) >= 11 is 0. The molecule has 0 unspecified atom stereocenters. The van der Waals surface area contributed by atoms with Gasteiger partial charge in [-0.15, -0.1) is 0 Å². The van der Waals surface area contributed by atoms with Crippen LogP contribution in [0.5, 0.6) is 0 Å². The van der Waals surface area contributed by atoms with E-state index in [1.165, 1.54) is 12.1 Å². The van der Waals surface area contributed by atoms with Crippen molar-refractivity contribution in [1.29, 1.82) is 0 Å². The third-order valence-electron chi connectivity index (χ3n) is 6.23. The lowest BCUT2D eigenvalue weighted by molar-refractivity contribution is -0.141. The van der Waals surface area contributed by atoms with Gasteiger partial charge in [0.15, 0.2) is 0 Å². The summed E-state index contributed by atoms with van der Waals surface area (Å²) in [5.74, 6) is -0.837. The molecule has 1 saturated heterocycles. The molecule has 4 rings (SSSR count). The molecule has 10 heteroatoms. The van der Waals surface area contributed by atoms with Crippen molar-refractivity contribution in [3.05, 3.63) is 79.1 Å². The van der Waals surface area contributed by atoms with Crippen molar-refractivity contribution in [1.82, 2.24) is 4.98 Å². The van der Waals surface area contributed by atoms with Gasteiger partial charge in [0.1, 0.15) is 6.54 Å². The number of aromatic nitrogens is 1. The summed E-state index contributed by atoms with van der Waals surface area (Å²) in [5, 5.41) is 2.94. The molecule has 0 spiro atoms. The Morgan fingerprint density at radius 3 is 2.27 bits per heavy atom. The Morgan fingerprint density at radius 1 is 1.00 bits per heavy atom. The van der Waals surface area contributed by atoms with Crippen LogP contribution < -0.4 is 14.5 Å². The van der Waals surface area contributed by atoms with E-state index in [-0.39, 0.29) is 23.3 Å². The molecule has 2 aromatic carbocycles. The molecule has 1 aliphatic heterocycles. The van der Waals surface area contributed by atoms with Gasteiger partial charge in [-0.25, -0.2) is 8.42 Å². The van der Waals surface area contributed by atoms with Gasteiger partial charge >= 0.3 is 5.97 Å². The Balaban J connectivity index is 1.43. The molecule has 3 aromatic rings. The molecule has 1 amide bonds. The van der Waals surface area contributed by atoms with Crippen LogP contribution in [0.2, 0.25) is 0 Å². The number of pyridine rings is 1. The van der Waals surface area contributed by atoms with Crippen LogP contribution in [-0.4, -0.2) is 51.5 Å². The lowest BCUT2D eigenvalue weighted by Crippen LogP contribution is -2.38. The standard InChI is InChI=1S/C27H30N4O5S/c1-2-36-26(32)20-31(37(34,35)25-6-4-3-5-7-25)24-10-8-22(9-11-24)29-27(33)21-14-18-30(19-15-21)23-12-16-28-17-13-23/h3-13,16-17,21H,2,14-15,18-20H2,1H3,(H,29,33). The van der Waals surface area contributed by atoms with Crippen LogP contribution in [0.25, 0.3) is 0 Å². The van der Waals surface area contributed by atoms with Crippen molar-refractivity contribution in [3.8, 4) is 0 Å². The summed E-state index contributed by atoms with van der Waals surface area (Å²) in [5.41, 5.74) is 1.95. The molecule has 1 fully saturated rings. The minimum Gasteiger partial charge on any atom is -0.465 e. The third-order valence-corrected chi connectivity index (χ3v) is 8.01. The molecule has 0 radical (unpaired) electrons. The van der Waals surface area contributed by atoms with E-state index in [1.807, 2.05) is 12.1 Å². The number of rotatable bonds is 9. The van der Waals surface area contributed by atoms with Crippen LogP contribution in [0.1, 0.15) is 19.8 Å². The van der Waals surface area contributed by atoms with Gasteiger partial charge in [0.2, 0.25) is 5.91 Å². The van der Waals surface area contributed by atoms with E-state index in [0.29, 0.717) is 11.4 Å². The first kappa shape index (κ1) is 26.2. The number of hydrogen-bond acceptors (Lipinski definition) is 7. The molecule has 1 aromatic heterocycles. The number of hydrogen-bond donors (Lipinski definition) is 1. The van der Waals surface area contributed by atoms with E-state index >= 15 is 0 Å². The fourth-order valence-corrected chi connectivity index (χ4v) is 5.70. The van der Waals surface area contributed by atoms with E-state index in [1.54, 1.807) is 61.8 Å². The van der Waals surface area contributed by atoms with Crippen LogP contribution in [-0.2, 0) is 24.3 Å². The highest BCUT2D eigenvalue weighted by Gasteiger charge is 2.28. The SMILES string of the molecule is CCOC(=O)CN(c1ccc(NC(=O)C2CCN(c3ccncc3)CC2)cc1)S(=O)(=O)c1ccccc1. The Labute approximate surface area is 217 Å². The number of piperidine rings is 1. The summed E-state index contributed by atoms with van der Waals surface area (Å²) in [6, 6.07) is 18.2. The number of ether oxygens (including phenoxy) is 1. The number of amides is 1. The summed E-state index contributed by atoms with van der Waals surface area (Å²) < 4.78 is 32.6. The minimum atomic E-state index is -4.01. The van der Waals surface area contributed by atoms with Gasteiger partial charge in [-0.3, -0.25) is 18.9 Å². The fraction of sp³-hybridized carbons (Fsp3) is 0.296. The molecular weight excluding hydrogens is 492 g/mol. The first-order chi connectivity index (χ1) is 17.9. The van der Waals surface area contributed by atoms with Crippen molar-refractivity contribution in [2.75, 3.05) is 40.8 Å². The van der Waals surface area contributed by atoms with E-state index in [9.17, 15) is 18.0 Å². The minimum absolute atomic E-state index is 0.0646. The van der Waals surface area contributed by atoms with Crippen LogP contribution in [0, 0.1) is 5.92 Å². The predicted molar refractivity (Wildman–Crippen MR) is 142 cm³/mol. The second-order valence-electron chi connectivity index (χ2n) is 8.63. The second kappa shape index (κ2) is 11.9. The molecule has 0 bridgehead atoms. The largest absolute Gasteiger partial charge is 0.465 e. The lowest BCUT2D eigenvalue weighted by atomic mass is 9.95. The van der Waals surface area contributed by atoms with E-state index in [4.69, 9.17) is 4.74 Å². The average Bonchev–Trinajstić information content (AvgIpc) is 2.93. The fourth-order valence-electron chi connectivity index (χ4n) is 4.27. The molecule has 37 heavy (non-hydrogen) atoms. The summed E-state index contributed by atoms with van der Waals surface area (Å²) in [6.45, 7) is 2.90. The van der Waals surface area contributed by atoms with Crippen LogP contribution in [0.4, 0.5) is 17.1 Å². The van der Waals surface area contributed by atoms with Crippen molar-refractivity contribution in [3.63, 3.8) is 0 Å². The highest BCUT2D eigenvalue weighted by molar-refractivity contribution is 7.92. The van der Waals surface area contributed by atoms with Gasteiger partial charge < -0.3 is 15.0 Å². The number of nitrogens with one attached hydrogen (secondary N) is 1. The van der Waals surface area contributed by atoms with Gasteiger partial charge in [-0.05, 0) is 68.3 Å². The smallest absolute Gasteiger partial charge is 0.326 e. The van der Waals surface area contributed by atoms with Crippen LogP contribution >= 0.6 is 0 Å². The van der Waals surface area contributed by atoms with Crippen LogP contribution in [0.15, 0.2) is 84.0 Å². The van der Waals surface area contributed by atoms with Crippen molar-refractivity contribution in [2.24, 2.45) is 5.92 Å². The van der Waals surface area contributed by atoms with E-state index < -0.39 is 22.5 Å². The van der Waals surface area contributed by atoms with Gasteiger partial charge in [0.25, 0.3) is 10.0 Å². The zero-order chi connectivity index (χ0) is 26.3. The van der Waals surface area contributed by atoms with Gasteiger partial charge in [-0.1, -0.05) is 18.2 Å². The molecule has 1 aliphatic rings. The number of sulfonamides is 1. The first-order valence-electron chi connectivity index (χ1n) is 12.2. The number of nitrogens with zero attached hydrogens (tertiary/aromatic N) is 3. The summed E-state index contributed by atoms with van der Waals surface area (Å²) in [4.78, 5) is 31.5. The molecule has 9 nitrogen and oxygen atoms in total. The highest BCUT2D eigenvalue weighted by Crippen LogP contribution is 2.27. The molecule has 1 N–H and O–H groups in total. The number of benzene rings is 2. The number of anilines is 3. The quantitative estimate of drug-likeness (QED) is 0.427. The monoisotopic (exact) mass is 522 g/mol. The first-order valence-corrected chi connectivity index (χ1v) is 13.6. The van der Waals surface area contributed by atoms with E-state index in [0.717, 1.165) is 35.9 Å². The van der Waals surface area contributed by atoms with E-state index in [2.05, 4.69) is 15.2 Å². The normalized spacial score (nSPS) is 14.1. The van der Waals surface area contributed by atoms with Crippen molar-refractivity contribution >= 4 is 39.0 Å². The lowest BCUT2D eigenvalue weighted by Gasteiger charge is -2.32. The molecular formula is C27H30N4O5S. The molecule has 2 heterocycles. The summed E-state index contributed by atoms with van der Waals surface area (Å²) in [7, 11) is -4.01. The van der Waals surface area contributed by atoms with Gasteiger partial charge in [-0.2, -0.15) is 0 Å². The third kappa shape index (κ3) is 6.45. The number of esters is 1. The number of carbonyl (C=O) groups is 2. The van der Waals surface area contributed by atoms with Crippen molar-refractivity contribution < 1.29 is 22.7 Å². The Bertz CT molecular complexity index is 1290. The van der Waals surface area contributed by atoms with Gasteiger partial charge in [0, 0.05) is 42.8 Å². The van der Waals surface area contributed by atoms with Crippen LogP contribution in [0.3, 0.4) is 0 Å². The van der Waals surface area contributed by atoms with Crippen molar-refractivity contribution in [2.45, 2.75) is 24.7 Å². The zero-order valence-corrected chi connectivity index (χ0v) is 21.4. The Hall–Kier alpha value is -3.92. The molecule has 194 valence electrons. The molecule has 0 aliphatic carbocycles. The zero-order valence-electron chi connectivity index (χ0n) is 20.6. The molecule has 0 atom stereocenters. The predicted octanol–water partition coefficient (Wildman–Crippen LogP) is 3.70. The van der Waals surface area contributed by atoms with Gasteiger partial charge in [0.05, 0.1) is 17.2 Å². The summed E-state index contributed by atoms with van der Waals surface area (Å²) in [6.07, 6.45) is 4.98. The second-order valence-corrected chi connectivity index (χ2v) is 10.5. The maximum atomic E-state index is 13.3. The molecule has 0 saturated carbocycles. The maximum absolute atomic E-state index is 13.3. The highest BCUT2D eigenvalue weighted by atomic mass is 32.2. The topological polar surface area (TPSA) is 109 Å². The average molecular weight is 523 g/mol. The number of carbonyl (C=O) groups excluding carboxylic acids is 2. The Kier molecular flexibility index (Phi) is 8.39.